The highest BCUT2D eigenvalue weighted by Crippen LogP contribution is 2.45. The van der Waals surface area contributed by atoms with E-state index in [1.165, 1.54) is 42.8 Å². The number of nitrogens with one attached hydrogen (secondary N) is 1. The molecule has 1 N–H and O–H groups in total. The third-order valence-electron chi connectivity index (χ3n) is 11.2. The molecule has 3 saturated heterocycles. The van der Waals surface area contributed by atoms with Crippen LogP contribution in [-0.4, -0.2) is 62.0 Å². The number of para-hydroxylation sites is 3. The highest BCUT2D eigenvalue weighted by molar-refractivity contribution is 6.05. The van der Waals surface area contributed by atoms with Gasteiger partial charge in [0.05, 0.1) is 22.1 Å². The minimum absolute atomic E-state index is 0.00606. The molecule has 7 heteroatoms. The van der Waals surface area contributed by atoms with Crippen molar-refractivity contribution in [3.63, 3.8) is 0 Å². The number of carbonyl (C=O) groups is 1. The maximum atomic E-state index is 13.8. The van der Waals surface area contributed by atoms with E-state index in [0.29, 0.717) is 42.3 Å². The molecule has 0 saturated carbocycles. The highest BCUT2D eigenvalue weighted by Gasteiger charge is 2.44. The number of nitrogens with zero attached hydrogens (tertiary/aromatic N) is 4. The molecule has 0 spiro atoms. The Balaban J connectivity index is 0.995. The van der Waals surface area contributed by atoms with Crippen LogP contribution in [0, 0.1) is 6.92 Å². The Morgan fingerprint density at radius 3 is 2.38 bits per heavy atom. The lowest BCUT2D eigenvalue weighted by Gasteiger charge is -2.45. The first kappa shape index (κ1) is 28.3. The lowest BCUT2D eigenvalue weighted by molar-refractivity contribution is 0.0608. The number of imidazole rings is 1. The van der Waals surface area contributed by atoms with E-state index in [9.17, 15) is 9.59 Å². The fourth-order valence-electron chi connectivity index (χ4n) is 8.93. The lowest BCUT2D eigenvalue weighted by Crippen LogP contribution is -2.49. The van der Waals surface area contributed by atoms with Crippen molar-refractivity contribution in [3.05, 3.63) is 112 Å². The second-order valence-electron chi connectivity index (χ2n) is 13.5. The Labute approximate surface area is 263 Å². The third kappa shape index (κ3) is 4.98. The van der Waals surface area contributed by atoms with Crippen molar-refractivity contribution in [1.29, 1.82) is 0 Å². The Morgan fingerprint density at radius 2 is 1.60 bits per heavy atom. The van der Waals surface area contributed by atoms with Crippen molar-refractivity contribution in [2.45, 2.75) is 75.4 Å². The predicted octanol–water partition coefficient (Wildman–Crippen LogP) is 6.62. The number of amides is 1. The molecule has 45 heavy (non-hydrogen) atoms. The SMILES string of the molecule is Cc1nc2ccccc2n1C1CC2CC[C@H](C1)N2CCC1(c2ccccc2)CCN(C(=O)c2cccc3ccc(=O)[nH]c23)CC1. The maximum absolute atomic E-state index is 13.8. The average molecular weight is 600 g/mol. The van der Waals surface area contributed by atoms with Crippen molar-refractivity contribution in [3.8, 4) is 0 Å². The highest BCUT2D eigenvalue weighted by atomic mass is 16.2. The summed E-state index contributed by atoms with van der Waals surface area (Å²) in [5.74, 6) is 1.14. The van der Waals surface area contributed by atoms with Crippen LogP contribution in [0.3, 0.4) is 0 Å². The smallest absolute Gasteiger partial charge is 0.255 e. The van der Waals surface area contributed by atoms with Crippen molar-refractivity contribution >= 4 is 27.8 Å². The van der Waals surface area contributed by atoms with Gasteiger partial charge in [-0.2, -0.15) is 0 Å². The summed E-state index contributed by atoms with van der Waals surface area (Å²) in [6.07, 6.45) is 7.91. The fourth-order valence-corrected chi connectivity index (χ4v) is 8.93. The summed E-state index contributed by atoms with van der Waals surface area (Å²) >= 11 is 0. The van der Waals surface area contributed by atoms with Crippen LogP contribution in [-0.2, 0) is 5.41 Å². The van der Waals surface area contributed by atoms with Gasteiger partial charge in [-0.25, -0.2) is 4.98 Å². The third-order valence-corrected chi connectivity index (χ3v) is 11.2. The van der Waals surface area contributed by atoms with Gasteiger partial charge in [0.25, 0.3) is 5.91 Å². The molecule has 2 bridgehead atoms. The minimum atomic E-state index is -0.184. The van der Waals surface area contributed by atoms with Gasteiger partial charge in [-0.05, 0) is 99.0 Å². The molecular weight excluding hydrogens is 558 g/mol. The molecule has 230 valence electrons. The molecule has 2 aromatic heterocycles. The molecule has 7 nitrogen and oxygen atoms in total. The summed E-state index contributed by atoms with van der Waals surface area (Å²) in [7, 11) is 0. The van der Waals surface area contributed by atoms with Gasteiger partial charge in [-0.15, -0.1) is 0 Å². The number of piperidine rings is 2. The first-order valence-electron chi connectivity index (χ1n) is 16.7. The molecule has 3 fully saturated rings. The first-order valence-corrected chi connectivity index (χ1v) is 16.7. The lowest BCUT2D eigenvalue weighted by atomic mass is 9.70. The molecule has 3 aromatic carbocycles. The van der Waals surface area contributed by atoms with Gasteiger partial charge in [0.15, 0.2) is 0 Å². The summed E-state index contributed by atoms with van der Waals surface area (Å²) in [4.78, 5) is 38.5. The number of carbonyl (C=O) groups excluding carboxylic acids is 1. The normalized spacial score (nSPS) is 23.1. The number of pyridine rings is 1. The number of fused-ring (bicyclic) bond motifs is 4. The van der Waals surface area contributed by atoms with Crippen LogP contribution >= 0.6 is 0 Å². The second kappa shape index (κ2) is 11.3. The van der Waals surface area contributed by atoms with E-state index in [0.717, 1.165) is 42.5 Å². The number of H-pyrrole nitrogens is 1. The molecule has 3 aliphatic rings. The molecule has 2 unspecified atom stereocenters. The summed E-state index contributed by atoms with van der Waals surface area (Å²) in [5, 5.41) is 0.880. The quantitative estimate of drug-likeness (QED) is 0.238. The number of benzene rings is 3. The fraction of sp³-hybridized carbons (Fsp3) is 0.395. The Hall–Kier alpha value is -4.23. The van der Waals surface area contributed by atoms with Gasteiger partial charge in [0, 0.05) is 37.3 Å². The average Bonchev–Trinajstić information content (AvgIpc) is 3.53. The van der Waals surface area contributed by atoms with Crippen LogP contribution in [0.2, 0.25) is 0 Å². The summed E-state index contributed by atoms with van der Waals surface area (Å²) in [6.45, 7) is 4.68. The van der Waals surface area contributed by atoms with Crippen molar-refractivity contribution < 1.29 is 4.79 Å². The molecule has 8 rings (SSSR count). The molecule has 0 radical (unpaired) electrons. The monoisotopic (exact) mass is 599 g/mol. The van der Waals surface area contributed by atoms with E-state index < -0.39 is 0 Å². The topological polar surface area (TPSA) is 74.2 Å². The summed E-state index contributed by atoms with van der Waals surface area (Å²) in [5.41, 5.74) is 4.84. The Kier molecular flexibility index (Phi) is 7.09. The van der Waals surface area contributed by atoms with E-state index >= 15 is 0 Å². The number of likely N-dealkylation sites (tertiary alicyclic amines) is 1. The number of aryl methyl sites for hydroxylation is 1. The Bertz CT molecular complexity index is 1910. The summed E-state index contributed by atoms with van der Waals surface area (Å²) < 4.78 is 2.52. The molecule has 5 aromatic rings. The number of hydrogen-bond acceptors (Lipinski definition) is 4. The van der Waals surface area contributed by atoms with Crippen molar-refractivity contribution in [2.24, 2.45) is 0 Å². The van der Waals surface area contributed by atoms with E-state index in [4.69, 9.17) is 4.98 Å². The van der Waals surface area contributed by atoms with Gasteiger partial charge in [-0.3, -0.25) is 14.5 Å². The second-order valence-corrected chi connectivity index (χ2v) is 13.5. The molecule has 1 amide bonds. The van der Waals surface area contributed by atoms with E-state index in [-0.39, 0.29) is 16.9 Å². The molecule has 3 atom stereocenters. The molecule has 5 heterocycles. The van der Waals surface area contributed by atoms with Crippen LogP contribution in [0.15, 0.2) is 89.7 Å². The zero-order valence-electron chi connectivity index (χ0n) is 26.0. The van der Waals surface area contributed by atoms with E-state index in [1.54, 1.807) is 6.07 Å². The molecule has 3 aliphatic heterocycles. The first-order chi connectivity index (χ1) is 22.0. The van der Waals surface area contributed by atoms with Gasteiger partial charge in [-0.1, -0.05) is 54.6 Å². The van der Waals surface area contributed by atoms with Gasteiger partial charge in [0.1, 0.15) is 5.82 Å². The Morgan fingerprint density at radius 1 is 0.867 bits per heavy atom. The van der Waals surface area contributed by atoms with Crippen molar-refractivity contribution in [1.82, 2.24) is 24.3 Å². The van der Waals surface area contributed by atoms with Gasteiger partial charge >= 0.3 is 0 Å². The number of aromatic nitrogens is 3. The zero-order chi connectivity index (χ0) is 30.5. The number of hydrogen-bond donors (Lipinski definition) is 1. The predicted molar refractivity (Wildman–Crippen MR) is 179 cm³/mol. The maximum Gasteiger partial charge on any atom is 0.255 e. The van der Waals surface area contributed by atoms with Crippen LogP contribution in [0.25, 0.3) is 21.9 Å². The largest absolute Gasteiger partial charge is 0.339 e. The molecule has 0 aliphatic carbocycles. The zero-order valence-corrected chi connectivity index (χ0v) is 26.0. The standard InChI is InChI=1S/C38H41N5O2/c1-26-39-33-12-5-6-13-34(33)43(26)31-24-29-15-16-30(25-31)42(29)23-20-38(28-9-3-2-4-10-28)18-21-41(22-19-38)37(45)32-11-7-8-27-14-17-35(44)40-36(27)32/h2-14,17,29-31H,15-16,18-25H2,1H3,(H,40,44)/t29-,30?,31?/m1/s1. The van der Waals surface area contributed by atoms with Gasteiger partial charge in [0.2, 0.25) is 5.56 Å². The summed E-state index contributed by atoms with van der Waals surface area (Å²) in [6, 6.07) is 30.3. The van der Waals surface area contributed by atoms with Crippen LogP contribution in [0.4, 0.5) is 0 Å². The van der Waals surface area contributed by atoms with E-state index in [1.807, 2.05) is 23.1 Å². The number of aromatic amines is 1. The van der Waals surface area contributed by atoms with Crippen LogP contribution in [0.5, 0.6) is 0 Å². The van der Waals surface area contributed by atoms with Crippen LogP contribution < -0.4 is 5.56 Å². The number of rotatable bonds is 6. The van der Waals surface area contributed by atoms with Gasteiger partial charge < -0.3 is 14.5 Å². The van der Waals surface area contributed by atoms with Crippen LogP contribution in [0.1, 0.15) is 72.7 Å². The van der Waals surface area contributed by atoms with Crippen molar-refractivity contribution in [2.75, 3.05) is 19.6 Å². The molecular formula is C38H41N5O2. The van der Waals surface area contributed by atoms with E-state index in [2.05, 4.69) is 76.0 Å². The minimum Gasteiger partial charge on any atom is -0.339 e.